The highest BCUT2D eigenvalue weighted by molar-refractivity contribution is 5.65. The molecule has 2 rings (SSSR count). The zero-order valence-corrected chi connectivity index (χ0v) is 28.6. The number of hydrogen-bond donors (Lipinski definition) is 4. The van der Waals surface area contributed by atoms with Crippen molar-refractivity contribution in [1.82, 2.24) is 0 Å². The van der Waals surface area contributed by atoms with Crippen molar-refractivity contribution in [3.05, 3.63) is 58.7 Å². The smallest absolute Gasteiger partial charge is 0.508 e. The van der Waals surface area contributed by atoms with Gasteiger partial charge in [0.25, 0.3) is 0 Å². The SMILES string of the molecule is Cc1cc(C(C)(C)c2ccc(OC(=O)OC(C)COCC(COCC(C)O)(COCC(C)O)COCC(C)O)c(C)c2)ccc1O. The number of aliphatic hydroxyl groups is 3. The Hall–Kier alpha value is -2.77. The van der Waals surface area contributed by atoms with E-state index in [1.165, 1.54) is 0 Å². The van der Waals surface area contributed by atoms with E-state index in [4.69, 9.17) is 28.4 Å². The molecule has 0 amide bonds. The summed E-state index contributed by atoms with van der Waals surface area (Å²) >= 11 is 0. The molecule has 0 spiro atoms. The number of rotatable bonds is 20. The molecule has 0 radical (unpaired) electrons. The van der Waals surface area contributed by atoms with Gasteiger partial charge in [0.05, 0.1) is 76.6 Å². The van der Waals surface area contributed by atoms with Crippen LogP contribution in [-0.2, 0) is 29.1 Å². The zero-order chi connectivity index (χ0) is 34.5. The molecule has 4 N–H and O–H groups in total. The van der Waals surface area contributed by atoms with E-state index < -0.39 is 36.0 Å². The van der Waals surface area contributed by atoms with Crippen LogP contribution in [0.3, 0.4) is 0 Å². The molecule has 2 aromatic carbocycles. The highest BCUT2D eigenvalue weighted by Gasteiger charge is 2.33. The quantitative estimate of drug-likeness (QED) is 0.119. The van der Waals surface area contributed by atoms with E-state index in [-0.39, 0.29) is 64.0 Å². The Kier molecular flexibility index (Phi) is 15.9. The monoisotopic (exact) mass is 650 g/mol. The van der Waals surface area contributed by atoms with Gasteiger partial charge in [-0.1, -0.05) is 38.1 Å². The van der Waals surface area contributed by atoms with Crippen LogP contribution in [0.5, 0.6) is 11.5 Å². The molecule has 0 saturated heterocycles. The summed E-state index contributed by atoms with van der Waals surface area (Å²) in [4.78, 5) is 12.7. The Morgan fingerprint density at radius 1 is 0.696 bits per heavy atom. The van der Waals surface area contributed by atoms with Gasteiger partial charge in [-0.05, 0) is 75.9 Å². The van der Waals surface area contributed by atoms with Gasteiger partial charge in [0.15, 0.2) is 0 Å². The van der Waals surface area contributed by atoms with Gasteiger partial charge in [0, 0.05) is 5.41 Å². The van der Waals surface area contributed by atoms with Crippen molar-refractivity contribution >= 4 is 6.16 Å². The summed E-state index contributed by atoms with van der Waals surface area (Å²) in [6, 6.07) is 11.2. The molecular formula is C35H54O11. The van der Waals surface area contributed by atoms with Gasteiger partial charge in [0.1, 0.15) is 17.6 Å². The number of phenols is 1. The summed E-state index contributed by atoms with van der Waals surface area (Å²) in [5.74, 6) is 0.626. The van der Waals surface area contributed by atoms with Crippen molar-refractivity contribution in [2.24, 2.45) is 5.41 Å². The number of hydrogen-bond acceptors (Lipinski definition) is 11. The van der Waals surface area contributed by atoms with Gasteiger partial charge in [-0.25, -0.2) is 4.79 Å². The van der Waals surface area contributed by atoms with E-state index in [0.717, 1.165) is 22.3 Å². The van der Waals surface area contributed by atoms with Crippen LogP contribution in [0.4, 0.5) is 4.79 Å². The maximum Gasteiger partial charge on any atom is 0.514 e. The first-order valence-corrected chi connectivity index (χ1v) is 15.7. The molecule has 0 aliphatic carbocycles. The average molecular weight is 651 g/mol. The first-order chi connectivity index (χ1) is 21.5. The molecule has 0 fully saturated rings. The lowest BCUT2D eigenvalue weighted by Crippen LogP contribution is -2.43. The number of carbonyl (C=O) groups is 1. The fourth-order valence-electron chi connectivity index (χ4n) is 4.71. The van der Waals surface area contributed by atoms with Gasteiger partial charge in [-0.15, -0.1) is 0 Å². The van der Waals surface area contributed by atoms with Crippen LogP contribution in [0.15, 0.2) is 36.4 Å². The van der Waals surface area contributed by atoms with E-state index in [9.17, 15) is 25.2 Å². The van der Waals surface area contributed by atoms with Gasteiger partial charge in [-0.3, -0.25) is 0 Å². The number of benzene rings is 2. The number of carbonyl (C=O) groups excluding carboxylic acids is 1. The summed E-state index contributed by atoms with van der Waals surface area (Å²) in [6.45, 7) is 15.2. The lowest BCUT2D eigenvalue weighted by atomic mass is 9.77. The molecule has 0 aliphatic heterocycles. The Labute approximate surface area is 273 Å². The van der Waals surface area contributed by atoms with Crippen LogP contribution in [0.2, 0.25) is 0 Å². The van der Waals surface area contributed by atoms with Crippen molar-refractivity contribution in [3.8, 4) is 11.5 Å². The van der Waals surface area contributed by atoms with Crippen molar-refractivity contribution in [2.75, 3.05) is 52.9 Å². The van der Waals surface area contributed by atoms with Crippen LogP contribution in [0.1, 0.15) is 63.8 Å². The van der Waals surface area contributed by atoms with Crippen LogP contribution in [0, 0.1) is 19.3 Å². The zero-order valence-electron chi connectivity index (χ0n) is 28.6. The second-order valence-electron chi connectivity index (χ2n) is 13.0. The molecule has 0 saturated carbocycles. The fourth-order valence-corrected chi connectivity index (χ4v) is 4.71. The van der Waals surface area contributed by atoms with Crippen molar-refractivity contribution < 1.29 is 53.6 Å². The van der Waals surface area contributed by atoms with E-state index in [0.29, 0.717) is 5.75 Å². The largest absolute Gasteiger partial charge is 0.514 e. The Morgan fingerprint density at radius 3 is 1.57 bits per heavy atom. The van der Waals surface area contributed by atoms with Crippen LogP contribution in [0.25, 0.3) is 0 Å². The highest BCUT2D eigenvalue weighted by Crippen LogP contribution is 2.35. The molecule has 0 aliphatic rings. The number of aryl methyl sites for hydroxylation is 2. The summed E-state index contributed by atoms with van der Waals surface area (Å²) in [7, 11) is 0. The fraction of sp³-hybridized carbons (Fsp3) is 0.629. The molecule has 46 heavy (non-hydrogen) atoms. The second kappa shape index (κ2) is 18.5. The molecule has 4 unspecified atom stereocenters. The summed E-state index contributed by atoms with van der Waals surface area (Å²) in [6.07, 6.45) is -3.55. The molecule has 4 atom stereocenters. The first kappa shape index (κ1) is 39.4. The van der Waals surface area contributed by atoms with Crippen molar-refractivity contribution in [1.29, 1.82) is 0 Å². The number of aliphatic hydroxyl groups excluding tert-OH is 3. The van der Waals surface area contributed by atoms with Gasteiger partial charge in [-0.2, -0.15) is 0 Å². The standard InChI is InChI=1S/C35H54O11/c1-23-13-29(9-11-31(23)39)34(7,8)30-10-12-32(24(2)14-30)46-33(40)45-28(6)18-44-22-35(19-41-15-25(3)36,20-42-16-26(4)37)21-43-17-27(5)38/h9-14,25-28,36-39H,15-22H2,1-8H3. The van der Waals surface area contributed by atoms with Crippen LogP contribution >= 0.6 is 0 Å². The van der Waals surface area contributed by atoms with Crippen LogP contribution < -0.4 is 4.74 Å². The minimum Gasteiger partial charge on any atom is -0.508 e. The predicted octanol–water partition coefficient (Wildman–Crippen LogP) is 4.43. The van der Waals surface area contributed by atoms with E-state index in [1.807, 2.05) is 38.1 Å². The third-order valence-electron chi connectivity index (χ3n) is 7.37. The number of aromatic hydroxyl groups is 1. The molecule has 0 aromatic heterocycles. The van der Waals surface area contributed by atoms with Crippen molar-refractivity contribution in [3.63, 3.8) is 0 Å². The minimum atomic E-state index is -0.868. The third kappa shape index (κ3) is 13.2. The maximum atomic E-state index is 12.7. The molecule has 0 heterocycles. The Morgan fingerprint density at radius 2 is 1.13 bits per heavy atom. The summed E-state index contributed by atoms with van der Waals surface area (Å²) in [5.41, 5.74) is 2.45. The minimum absolute atomic E-state index is 0.0399. The van der Waals surface area contributed by atoms with E-state index >= 15 is 0 Å². The molecular weight excluding hydrogens is 596 g/mol. The van der Waals surface area contributed by atoms with Crippen molar-refractivity contribution in [2.45, 2.75) is 85.2 Å². The molecule has 0 bridgehead atoms. The topological polar surface area (TPSA) is 153 Å². The molecule has 2 aromatic rings. The average Bonchev–Trinajstić information content (AvgIpc) is 2.94. The lowest BCUT2D eigenvalue weighted by molar-refractivity contribution is -0.129. The van der Waals surface area contributed by atoms with Gasteiger partial charge >= 0.3 is 6.16 Å². The Balaban J connectivity index is 2.01. The summed E-state index contributed by atoms with van der Waals surface area (Å²) < 4.78 is 34.0. The van der Waals surface area contributed by atoms with E-state index in [1.54, 1.807) is 39.8 Å². The number of phenolic OH excluding ortho intramolecular Hbond substituents is 1. The molecule has 260 valence electrons. The lowest BCUT2D eigenvalue weighted by Gasteiger charge is -2.33. The molecule has 11 nitrogen and oxygen atoms in total. The van der Waals surface area contributed by atoms with Crippen LogP contribution in [-0.4, -0.2) is 104 Å². The Bertz CT molecular complexity index is 1170. The number of ether oxygens (including phenoxy) is 6. The first-order valence-electron chi connectivity index (χ1n) is 15.7. The normalized spacial score (nSPS) is 15.9. The second-order valence-corrected chi connectivity index (χ2v) is 13.0. The van der Waals surface area contributed by atoms with Gasteiger partial charge < -0.3 is 48.8 Å². The third-order valence-corrected chi connectivity index (χ3v) is 7.37. The highest BCUT2D eigenvalue weighted by atomic mass is 16.7. The van der Waals surface area contributed by atoms with Gasteiger partial charge in [0.2, 0.25) is 0 Å². The predicted molar refractivity (Wildman–Crippen MR) is 173 cm³/mol. The summed E-state index contributed by atoms with van der Waals surface area (Å²) in [5, 5.41) is 38.9. The molecule has 11 heteroatoms. The van der Waals surface area contributed by atoms with E-state index in [2.05, 4.69) is 13.8 Å². The maximum absolute atomic E-state index is 12.7.